The van der Waals surface area contributed by atoms with Crippen LogP contribution in [0.15, 0.2) is 11.6 Å². The molecule has 0 rings (SSSR count). The average molecular weight is 227 g/mol. The summed E-state index contributed by atoms with van der Waals surface area (Å²) in [6.45, 7) is 6.84. The van der Waals surface area contributed by atoms with E-state index >= 15 is 0 Å². The van der Waals surface area contributed by atoms with E-state index in [9.17, 15) is 9.59 Å². The van der Waals surface area contributed by atoms with Gasteiger partial charge in [0.2, 0.25) is 5.91 Å². The van der Waals surface area contributed by atoms with Gasteiger partial charge in [-0.25, -0.2) is 0 Å². The van der Waals surface area contributed by atoms with Crippen LogP contribution in [0.3, 0.4) is 0 Å². The summed E-state index contributed by atoms with van der Waals surface area (Å²) >= 11 is 0. The number of hydrogen-bond acceptors (Lipinski definition) is 3. The summed E-state index contributed by atoms with van der Waals surface area (Å²) in [5, 5.41) is 0. The molecule has 0 atom stereocenters. The number of ether oxygens (including phenoxy) is 1. The third-order valence-corrected chi connectivity index (χ3v) is 2.03. The Bertz CT molecular complexity index is 267. The van der Waals surface area contributed by atoms with Crippen molar-refractivity contribution in [3.05, 3.63) is 11.6 Å². The molecule has 4 heteroatoms. The van der Waals surface area contributed by atoms with Crippen molar-refractivity contribution >= 4 is 11.9 Å². The minimum absolute atomic E-state index is 0.0363. The molecule has 1 amide bonds. The van der Waals surface area contributed by atoms with Crippen LogP contribution in [-0.4, -0.2) is 37.0 Å². The SMILES string of the molecule is CCCN(CCC(=O)OC)C(=O)C=C(C)C. The van der Waals surface area contributed by atoms with E-state index in [1.165, 1.54) is 7.11 Å². The summed E-state index contributed by atoms with van der Waals surface area (Å²) in [7, 11) is 1.35. The number of esters is 1. The summed E-state index contributed by atoms with van der Waals surface area (Å²) < 4.78 is 4.55. The highest BCUT2D eigenvalue weighted by atomic mass is 16.5. The fraction of sp³-hybridized carbons (Fsp3) is 0.667. The summed E-state index contributed by atoms with van der Waals surface area (Å²) in [5.41, 5.74) is 0.962. The van der Waals surface area contributed by atoms with Crippen molar-refractivity contribution in [1.82, 2.24) is 4.90 Å². The zero-order valence-corrected chi connectivity index (χ0v) is 10.6. The van der Waals surface area contributed by atoms with Crippen LogP contribution in [0.25, 0.3) is 0 Å². The molecule has 0 N–H and O–H groups in total. The number of carbonyl (C=O) groups excluding carboxylic acids is 2. The minimum Gasteiger partial charge on any atom is -0.469 e. The molecule has 16 heavy (non-hydrogen) atoms. The van der Waals surface area contributed by atoms with Gasteiger partial charge in [0.15, 0.2) is 0 Å². The first-order chi connectivity index (χ1) is 7.51. The van der Waals surface area contributed by atoms with Gasteiger partial charge in [0, 0.05) is 19.2 Å². The van der Waals surface area contributed by atoms with E-state index in [4.69, 9.17) is 0 Å². The van der Waals surface area contributed by atoms with Gasteiger partial charge in [-0.1, -0.05) is 12.5 Å². The predicted octanol–water partition coefficient (Wildman–Crippen LogP) is 1.75. The molecule has 0 fully saturated rings. The van der Waals surface area contributed by atoms with E-state index in [-0.39, 0.29) is 18.3 Å². The number of nitrogens with zero attached hydrogens (tertiary/aromatic N) is 1. The van der Waals surface area contributed by atoms with Crippen molar-refractivity contribution in [2.24, 2.45) is 0 Å². The van der Waals surface area contributed by atoms with Gasteiger partial charge in [-0.2, -0.15) is 0 Å². The minimum atomic E-state index is -0.286. The zero-order valence-electron chi connectivity index (χ0n) is 10.6. The van der Waals surface area contributed by atoms with Crippen LogP contribution in [-0.2, 0) is 14.3 Å². The van der Waals surface area contributed by atoms with Crippen LogP contribution in [0.1, 0.15) is 33.6 Å². The first-order valence-electron chi connectivity index (χ1n) is 5.51. The fourth-order valence-electron chi connectivity index (χ4n) is 1.27. The van der Waals surface area contributed by atoms with E-state index in [1.54, 1.807) is 11.0 Å². The smallest absolute Gasteiger partial charge is 0.307 e. The molecule has 92 valence electrons. The Labute approximate surface area is 97.3 Å². The van der Waals surface area contributed by atoms with Gasteiger partial charge < -0.3 is 9.64 Å². The molecule has 0 aliphatic heterocycles. The standard InChI is InChI=1S/C12H21NO3/c1-5-7-13(8-6-12(15)16-4)11(14)9-10(2)3/h9H,5-8H2,1-4H3. The Balaban J connectivity index is 4.31. The Morgan fingerprint density at radius 3 is 2.31 bits per heavy atom. The van der Waals surface area contributed by atoms with Crippen LogP contribution in [0.4, 0.5) is 0 Å². The molecular formula is C12H21NO3. The lowest BCUT2D eigenvalue weighted by molar-refractivity contribution is -0.141. The highest BCUT2D eigenvalue weighted by Gasteiger charge is 2.12. The fourth-order valence-corrected chi connectivity index (χ4v) is 1.27. The molecule has 4 nitrogen and oxygen atoms in total. The van der Waals surface area contributed by atoms with E-state index in [0.717, 1.165) is 12.0 Å². The Kier molecular flexibility index (Phi) is 7.25. The topological polar surface area (TPSA) is 46.6 Å². The molecule has 0 aliphatic carbocycles. The molecule has 0 radical (unpaired) electrons. The molecule has 0 saturated heterocycles. The highest BCUT2D eigenvalue weighted by molar-refractivity contribution is 5.88. The number of hydrogen-bond donors (Lipinski definition) is 0. The summed E-state index contributed by atoms with van der Waals surface area (Å²) in [6.07, 6.45) is 2.72. The number of rotatable bonds is 6. The lowest BCUT2D eigenvalue weighted by atomic mass is 10.2. The molecule has 0 aromatic rings. The summed E-state index contributed by atoms with van der Waals surface area (Å²) in [5.74, 6) is -0.322. The second-order valence-electron chi connectivity index (χ2n) is 3.87. The second-order valence-corrected chi connectivity index (χ2v) is 3.87. The van der Waals surface area contributed by atoms with Gasteiger partial charge in [0.05, 0.1) is 13.5 Å². The highest BCUT2D eigenvalue weighted by Crippen LogP contribution is 2.00. The second kappa shape index (κ2) is 7.91. The van der Waals surface area contributed by atoms with Crippen molar-refractivity contribution in [1.29, 1.82) is 0 Å². The Morgan fingerprint density at radius 2 is 1.88 bits per heavy atom. The van der Waals surface area contributed by atoms with Crippen molar-refractivity contribution in [3.8, 4) is 0 Å². The molecule has 0 unspecified atom stereocenters. The van der Waals surface area contributed by atoms with E-state index in [1.807, 2.05) is 20.8 Å². The van der Waals surface area contributed by atoms with Crippen molar-refractivity contribution in [2.75, 3.05) is 20.2 Å². The number of allylic oxidation sites excluding steroid dienone is 1. The predicted molar refractivity (Wildman–Crippen MR) is 62.9 cm³/mol. The first-order valence-corrected chi connectivity index (χ1v) is 5.51. The van der Waals surface area contributed by atoms with Crippen LogP contribution in [0.2, 0.25) is 0 Å². The first kappa shape index (κ1) is 14.7. The van der Waals surface area contributed by atoms with Crippen LogP contribution in [0, 0.1) is 0 Å². The quantitative estimate of drug-likeness (QED) is 0.513. The van der Waals surface area contributed by atoms with Gasteiger partial charge in [-0.05, 0) is 20.3 Å². The molecule has 0 aromatic carbocycles. The molecule has 0 aliphatic rings. The van der Waals surface area contributed by atoms with E-state index in [2.05, 4.69) is 4.74 Å². The number of methoxy groups -OCH3 is 1. The lowest BCUT2D eigenvalue weighted by Gasteiger charge is -2.20. The van der Waals surface area contributed by atoms with Crippen LogP contribution < -0.4 is 0 Å². The maximum absolute atomic E-state index is 11.7. The maximum atomic E-state index is 11.7. The molecule has 0 saturated carbocycles. The van der Waals surface area contributed by atoms with Gasteiger partial charge in [0.25, 0.3) is 0 Å². The summed E-state index contributed by atoms with van der Waals surface area (Å²) in [4.78, 5) is 24.4. The average Bonchev–Trinajstić information content (AvgIpc) is 2.22. The monoisotopic (exact) mass is 227 g/mol. The molecule has 0 aromatic heterocycles. The molecule has 0 spiro atoms. The summed E-state index contributed by atoms with van der Waals surface area (Å²) in [6, 6.07) is 0. The van der Waals surface area contributed by atoms with Gasteiger partial charge >= 0.3 is 5.97 Å². The molecule has 0 bridgehead atoms. The number of amides is 1. The van der Waals surface area contributed by atoms with Crippen molar-refractivity contribution in [2.45, 2.75) is 33.6 Å². The maximum Gasteiger partial charge on any atom is 0.307 e. The number of carbonyl (C=O) groups is 2. The zero-order chi connectivity index (χ0) is 12.6. The Hall–Kier alpha value is -1.32. The third-order valence-electron chi connectivity index (χ3n) is 2.03. The van der Waals surface area contributed by atoms with Crippen molar-refractivity contribution in [3.63, 3.8) is 0 Å². The third kappa shape index (κ3) is 6.22. The normalized spacial score (nSPS) is 9.50. The molecule has 0 heterocycles. The van der Waals surface area contributed by atoms with E-state index in [0.29, 0.717) is 13.1 Å². The van der Waals surface area contributed by atoms with Gasteiger partial charge in [-0.3, -0.25) is 9.59 Å². The Morgan fingerprint density at radius 1 is 1.25 bits per heavy atom. The molecular weight excluding hydrogens is 206 g/mol. The van der Waals surface area contributed by atoms with Gasteiger partial charge in [0.1, 0.15) is 0 Å². The van der Waals surface area contributed by atoms with Crippen LogP contribution >= 0.6 is 0 Å². The van der Waals surface area contributed by atoms with Gasteiger partial charge in [-0.15, -0.1) is 0 Å². The van der Waals surface area contributed by atoms with E-state index < -0.39 is 0 Å². The lowest BCUT2D eigenvalue weighted by Crippen LogP contribution is -2.32. The van der Waals surface area contributed by atoms with Crippen LogP contribution in [0.5, 0.6) is 0 Å². The largest absolute Gasteiger partial charge is 0.469 e. The van der Waals surface area contributed by atoms with Crippen molar-refractivity contribution < 1.29 is 14.3 Å².